The molecule has 7 atom stereocenters. The molecule has 0 aromatic heterocycles. The second-order valence-electron chi connectivity index (χ2n) is 10.1. The lowest BCUT2D eigenvalue weighted by atomic mass is 9.63. The molecule has 0 unspecified atom stereocenters. The maximum atomic E-state index is 13.5. The van der Waals surface area contributed by atoms with Gasteiger partial charge >= 0.3 is 5.97 Å². The predicted molar refractivity (Wildman–Crippen MR) is 119 cm³/mol. The highest BCUT2D eigenvalue weighted by atomic mass is 16.6. The van der Waals surface area contributed by atoms with E-state index >= 15 is 0 Å². The van der Waals surface area contributed by atoms with Crippen LogP contribution in [0.1, 0.15) is 53.9 Å². The van der Waals surface area contributed by atoms with Gasteiger partial charge in [0, 0.05) is 30.6 Å². The zero-order chi connectivity index (χ0) is 22.9. The van der Waals surface area contributed by atoms with Crippen molar-refractivity contribution in [2.45, 2.75) is 71.6 Å². The van der Waals surface area contributed by atoms with E-state index in [0.29, 0.717) is 18.8 Å². The van der Waals surface area contributed by atoms with E-state index in [-0.39, 0.29) is 42.2 Å². The summed E-state index contributed by atoms with van der Waals surface area (Å²) in [5.74, 6) is -1.10. The highest BCUT2D eigenvalue weighted by Gasteiger charge is 2.64. The maximum absolute atomic E-state index is 13.5. The Hall–Kier alpha value is -1.92. The monoisotopic (exact) mass is 431 g/mol. The lowest BCUT2D eigenvalue weighted by Gasteiger charge is -2.45. The quantitative estimate of drug-likeness (QED) is 0.472. The molecule has 0 radical (unpaired) electrons. The van der Waals surface area contributed by atoms with E-state index in [4.69, 9.17) is 4.74 Å². The van der Waals surface area contributed by atoms with Gasteiger partial charge in [0.25, 0.3) is 5.91 Å². The molecular formula is C25H37NO5. The molecular weight excluding hydrogens is 394 g/mol. The molecule has 6 heteroatoms. The Labute approximate surface area is 185 Å². The molecule has 6 nitrogen and oxygen atoms in total. The van der Waals surface area contributed by atoms with Gasteiger partial charge in [0.1, 0.15) is 0 Å². The van der Waals surface area contributed by atoms with Crippen molar-refractivity contribution in [2.75, 3.05) is 6.61 Å². The van der Waals surface area contributed by atoms with Crippen molar-refractivity contribution in [3.63, 3.8) is 0 Å². The molecule has 3 aliphatic rings. The van der Waals surface area contributed by atoms with E-state index in [1.54, 1.807) is 0 Å². The Morgan fingerprint density at radius 3 is 2.61 bits per heavy atom. The SMILES string of the molecule is CC1=C[C@@H]2/C=C(/C)C[C@H](CO)C[C@H](O)/C=C\C(=O)O[C@@]23C(=O)N[C@@H](CC(C)C)[C@@H]3[C@@H]1C. The Morgan fingerprint density at radius 2 is 1.97 bits per heavy atom. The number of hydrogen-bond donors (Lipinski definition) is 3. The second-order valence-corrected chi connectivity index (χ2v) is 10.1. The average molecular weight is 432 g/mol. The van der Waals surface area contributed by atoms with Crippen molar-refractivity contribution in [1.29, 1.82) is 0 Å². The van der Waals surface area contributed by atoms with Crippen molar-refractivity contribution >= 4 is 11.9 Å². The van der Waals surface area contributed by atoms with Crippen molar-refractivity contribution in [1.82, 2.24) is 5.32 Å². The molecule has 1 saturated heterocycles. The average Bonchev–Trinajstić information content (AvgIpc) is 2.94. The zero-order valence-electron chi connectivity index (χ0n) is 19.3. The summed E-state index contributed by atoms with van der Waals surface area (Å²) in [6.45, 7) is 10.4. The normalized spacial score (nSPS) is 41.5. The summed E-state index contributed by atoms with van der Waals surface area (Å²) in [4.78, 5) is 26.3. The first-order valence-corrected chi connectivity index (χ1v) is 11.4. The number of rotatable bonds is 3. The number of aliphatic hydroxyl groups is 2. The van der Waals surface area contributed by atoms with Crippen LogP contribution >= 0.6 is 0 Å². The van der Waals surface area contributed by atoms with Crippen LogP contribution in [0.2, 0.25) is 0 Å². The van der Waals surface area contributed by atoms with Crippen molar-refractivity contribution in [3.8, 4) is 0 Å². The van der Waals surface area contributed by atoms with Gasteiger partial charge < -0.3 is 20.3 Å². The third-order valence-corrected chi connectivity index (χ3v) is 7.15. The lowest BCUT2D eigenvalue weighted by molar-refractivity contribution is -0.172. The number of aliphatic hydroxyl groups excluding tert-OH is 2. The minimum Gasteiger partial charge on any atom is -0.444 e. The Balaban J connectivity index is 2.14. The molecule has 0 bridgehead atoms. The summed E-state index contributed by atoms with van der Waals surface area (Å²) in [5, 5.41) is 23.2. The van der Waals surface area contributed by atoms with Gasteiger partial charge in [-0.25, -0.2) is 4.79 Å². The van der Waals surface area contributed by atoms with Crippen LogP contribution in [-0.4, -0.2) is 46.4 Å². The van der Waals surface area contributed by atoms with E-state index < -0.39 is 17.7 Å². The van der Waals surface area contributed by atoms with Crippen molar-refractivity contribution in [2.24, 2.45) is 29.6 Å². The molecule has 1 spiro atoms. The minimum atomic E-state index is -1.32. The fraction of sp³-hybridized carbons (Fsp3) is 0.680. The van der Waals surface area contributed by atoms with Gasteiger partial charge in [-0.3, -0.25) is 4.79 Å². The number of esters is 1. The van der Waals surface area contributed by atoms with Crippen LogP contribution in [0.5, 0.6) is 0 Å². The molecule has 3 N–H and O–H groups in total. The molecule has 1 amide bonds. The molecule has 31 heavy (non-hydrogen) atoms. The molecule has 3 rings (SSSR count). The third kappa shape index (κ3) is 4.65. The maximum Gasteiger partial charge on any atom is 0.331 e. The summed E-state index contributed by atoms with van der Waals surface area (Å²) in [5.41, 5.74) is 0.876. The van der Waals surface area contributed by atoms with Crippen LogP contribution in [0.15, 0.2) is 35.5 Å². The number of carbonyl (C=O) groups excluding carboxylic acids is 2. The van der Waals surface area contributed by atoms with E-state index in [0.717, 1.165) is 12.0 Å². The highest BCUT2D eigenvalue weighted by molar-refractivity contribution is 5.94. The van der Waals surface area contributed by atoms with Crippen LogP contribution in [0.4, 0.5) is 0 Å². The largest absolute Gasteiger partial charge is 0.444 e. The first-order chi connectivity index (χ1) is 14.6. The Bertz CT molecular complexity index is 798. The predicted octanol–water partition coefficient (Wildman–Crippen LogP) is 2.91. The number of carbonyl (C=O) groups is 2. The molecule has 172 valence electrons. The van der Waals surface area contributed by atoms with Crippen molar-refractivity contribution < 1.29 is 24.5 Å². The van der Waals surface area contributed by atoms with Crippen LogP contribution in [0, 0.1) is 29.6 Å². The topological polar surface area (TPSA) is 95.9 Å². The minimum absolute atomic E-state index is 0.0538. The molecule has 0 aromatic rings. The number of amides is 1. The van der Waals surface area contributed by atoms with Crippen LogP contribution in [0.3, 0.4) is 0 Å². The van der Waals surface area contributed by atoms with E-state index in [1.165, 1.54) is 17.7 Å². The van der Waals surface area contributed by atoms with E-state index in [2.05, 4.69) is 39.1 Å². The van der Waals surface area contributed by atoms with Gasteiger partial charge in [-0.1, -0.05) is 44.1 Å². The van der Waals surface area contributed by atoms with Gasteiger partial charge in [0.15, 0.2) is 0 Å². The van der Waals surface area contributed by atoms with E-state index in [1.807, 2.05) is 13.0 Å². The first kappa shape index (κ1) is 23.7. The summed E-state index contributed by atoms with van der Waals surface area (Å²) in [6, 6.07) is -0.0807. The Morgan fingerprint density at radius 1 is 1.26 bits per heavy atom. The van der Waals surface area contributed by atoms with Gasteiger partial charge in [-0.05, 0) is 56.9 Å². The summed E-state index contributed by atoms with van der Waals surface area (Å²) >= 11 is 0. The summed E-state index contributed by atoms with van der Waals surface area (Å²) < 4.78 is 6.04. The summed E-state index contributed by atoms with van der Waals surface area (Å²) in [7, 11) is 0. The van der Waals surface area contributed by atoms with Crippen LogP contribution in [-0.2, 0) is 14.3 Å². The third-order valence-electron chi connectivity index (χ3n) is 7.15. The molecule has 0 aromatic carbocycles. The van der Waals surface area contributed by atoms with Crippen molar-refractivity contribution in [3.05, 3.63) is 35.5 Å². The smallest absolute Gasteiger partial charge is 0.331 e. The van der Waals surface area contributed by atoms with Gasteiger partial charge in [0.2, 0.25) is 5.60 Å². The zero-order valence-corrected chi connectivity index (χ0v) is 19.3. The molecule has 0 saturated carbocycles. The van der Waals surface area contributed by atoms with Gasteiger partial charge in [-0.15, -0.1) is 0 Å². The summed E-state index contributed by atoms with van der Waals surface area (Å²) in [6.07, 6.45) is 7.61. The number of hydrogen-bond acceptors (Lipinski definition) is 5. The number of nitrogens with one attached hydrogen (secondary N) is 1. The first-order valence-electron chi connectivity index (χ1n) is 11.4. The van der Waals surface area contributed by atoms with E-state index in [9.17, 15) is 19.8 Å². The Kier molecular flexibility index (Phi) is 7.11. The second kappa shape index (κ2) is 9.29. The number of allylic oxidation sites excluding steroid dienone is 2. The molecule has 1 aliphatic carbocycles. The highest BCUT2D eigenvalue weighted by Crippen LogP contribution is 2.51. The van der Waals surface area contributed by atoms with Crippen LogP contribution < -0.4 is 5.32 Å². The fourth-order valence-electron chi connectivity index (χ4n) is 5.69. The molecule has 2 aliphatic heterocycles. The van der Waals surface area contributed by atoms with Crippen LogP contribution in [0.25, 0.3) is 0 Å². The van der Waals surface area contributed by atoms with Gasteiger partial charge in [0.05, 0.1) is 6.10 Å². The lowest BCUT2D eigenvalue weighted by Crippen LogP contribution is -2.56. The standard InChI is InChI=1S/C25H37NO5/c1-14(2)8-21-23-17(5)16(4)11-19-10-15(3)9-18(13-27)12-20(28)6-7-22(29)31-25(19,23)24(30)26-21/h6-7,10-11,14,17-21,23,27-28H,8-9,12-13H2,1-5H3,(H,26,30)/b7-6-,15-10-/t17-,18+,19+,20-,21+,23+,25+/m1/s1. The fourth-order valence-corrected chi connectivity index (χ4v) is 5.69. The number of ether oxygens (including phenoxy) is 1. The van der Waals surface area contributed by atoms with Gasteiger partial charge in [-0.2, -0.15) is 0 Å². The molecule has 2 heterocycles. The molecule has 1 fully saturated rings.